The van der Waals surface area contributed by atoms with Crippen molar-refractivity contribution in [2.75, 3.05) is 12.3 Å². The summed E-state index contributed by atoms with van der Waals surface area (Å²) in [5.74, 6) is -2.61. The van der Waals surface area contributed by atoms with Crippen molar-refractivity contribution in [3.05, 3.63) is 29.6 Å². The lowest BCUT2D eigenvalue weighted by molar-refractivity contribution is -0.128. The average Bonchev–Trinajstić information content (AvgIpc) is 3.24. The molecule has 114 valence electrons. The molecule has 0 bridgehead atoms. The quantitative estimate of drug-likeness (QED) is 0.866. The van der Waals surface area contributed by atoms with Gasteiger partial charge in [0.25, 0.3) is 0 Å². The van der Waals surface area contributed by atoms with Gasteiger partial charge < -0.3 is 10.0 Å². The number of rotatable bonds is 6. The standard InChI is InChI=1S/C14H16FNO4S/c1-2-16(10-4-5-10)13(17)8-21(20)12-7-9(14(18)19)3-6-11(12)15/h3,6-7,10H,2,4-5,8H2,1H3,(H,18,19). The lowest BCUT2D eigenvalue weighted by Gasteiger charge is -2.20. The number of carboxylic acids is 1. The van der Waals surface area contributed by atoms with Gasteiger partial charge in [0, 0.05) is 12.6 Å². The highest BCUT2D eigenvalue weighted by Crippen LogP contribution is 2.27. The number of carbonyl (C=O) groups excluding carboxylic acids is 1. The van der Waals surface area contributed by atoms with Crippen LogP contribution in [0.2, 0.25) is 0 Å². The Morgan fingerprint density at radius 2 is 2.10 bits per heavy atom. The van der Waals surface area contributed by atoms with E-state index in [1.807, 2.05) is 6.92 Å². The molecule has 1 aliphatic carbocycles. The van der Waals surface area contributed by atoms with E-state index >= 15 is 0 Å². The number of aromatic carboxylic acids is 1. The maximum atomic E-state index is 13.7. The molecular weight excluding hydrogens is 297 g/mol. The minimum absolute atomic E-state index is 0.151. The molecule has 1 aromatic carbocycles. The Bertz CT molecular complexity index is 601. The van der Waals surface area contributed by atoms with Gasteiger partial charge in [0.1, 0.15) is 11.6 Å². The fraction of sp³-hybridized carbons (Fsp3) is 0.429. The van der Waals surface area contributed by atoms with Gasteiger partial charge in [-0.15, -0.1) is 0 Å². The second-order valence-electron chi connectivity index (χ2n) is 4.85. The molecule has 5 nitrogen and oxygen atoms in total. The van der Waals surface area contributed by atoms with E-state index in [2.05, 4.69) is 0 Å². The van der Waals surface area contributed by atoms with Gasteiger partial charge >= 0.3 is 5.97 Å². The molecule has 1 amide bonds. The number of carboxylic acid groups (broad SMARTS) is 1. The Morgan fingerprint density at radius 1 is 1.43 bits per heavy atom. The van der Waals surface area contributed by atoms with Crippen LogP contribution in [0.3, 0.4) is 0 Å². The number of nitrogens with zero attached hydrogens (tertiary/aromatic N) is 1. The number of hydrogen-bond acceptors (Lipinski definition) is 3. The minimum atomic E-state index is -1.89. The summed E-state index contributed by atoms with van der Waals surface area (Å²) in [6, 6.07) is 3.28. The van der Waals surface area contributed by atoms with Crippen LogP contribution in [-0.2, 0) is 15.6 Å². The van der Waals surface area contributed by atoms with E-state index < -0.39 is 22.6 Å². The minimum Gasteiger partial charge on any atom is -0.478 e. The zero-order valence-corrected chi connectivity index (χ0v) is 12.4. The fourth-order valence-electron chi connectivity index (χ4n) is 2.11. The topological polar surface area (TPSA) is 74.7 Å². The SMILES string of the molecule is CCN(C(=O)CS(=O)c1cc(C(=O)O)ccc1F)C1CC1. The normalized spacial score (nSPS) is 15.5. The third kappa shape index (κ3) is 3.66. The third-order valence-corrected chi connectivity index (χ3v) is 4.64. The lowest BCUT2D eigenvalue weighted by Crippen LogP contribution is -2.36. The second kappa shape index (κ2) is 6.34. The first-order chi connectivity index (χ1) is 9.93. The first kappa shape index (κ1) is 15.6. The molecular formula is C14H16FNO4S. The molecule has 0 saturated heterocycles. The van der Waals surface area contributed by atoms with Crippen LogP contribution < -0.4 is 0 Å². The van der Waals surface area contributed by atoms with Crippen LogP contribution in [0.4, 0.5) is 4.39 Å². The molecule has 0 aliphatic heterocycles. The highest BCUT2D eigenvalue weighted by molar-refractivity contribution is 7.85. The molecule has 1 N–H and O–H groups in total. The summed E-state index contributed by atoms with van der Waals surface area (Å²) >= 11 is 0. The summed E-state index contributed by atoms with van der Waals surface area (Å²) in [6.07, 6.45) is 1.88. The average molecular weight is 313 g/mol. The van der Waals surface area contributed by atoms with Gasteiger partial charge in [-0.3, -0.25) is 9.00 Å². The van der Waals surface area contributed by atoms with Gasteiger partial charge in [-0.25, -0.2) is 9.18 Å². The van der Waals surface area contributed by atoms with Crippen molar-refractivity contribution in [1.29, 1.82) is 0 Å². The molecule has 1 atom stereocenters. The van der Waals surface area contributed by atoms with Crippen LogP contribution in [0, 0.1) is 5.82 Å². The van der Waals surface area contributed by atoms with E-state index in [0.717, 1.165) is 31.0 Å². The van der Waals surface area contributed by atoms with Gasteiger partial charge in [0.15, 0.2) is 0 Å². The maximum Gasteiger partial charge on any atom is 0.335 e. The zero-order valence-electron chi connectivity index (χ0n) is 11.5. The van der Waals surface area contributed by atoms with E-state index in [1.54, 1.807) is 4.90 Å². The molecule has 1 unspecified atom stereocenters. The molecule has 21 heavy (non-hydrogen) atoms. The van der Waals surface area contributed by atoms with E-state index in [-0.39, 0.29) is 28.2 Å². The summed E-state index contributed by atoms with van der Waals surface area (Å²) in [5, 5.41) is 8.87. The summed E-state index contributed by atoms with van der Waals surface area (Å²) in [4.78, 5) is 24.3. The molecule has 0 spiro atoms. The highest BCUT2D eigenvalue weighted by Gasteiger charge is 2.32. The first-order valence-electron chi connectivity index (χ1n) is 6.64. The summed E-state index contributed by atoms with van der Waals surface area (Å²) in [6.45, 7) is 2.36. The Hall–Kier alpha value is -1.76. The molecule has 2 rings (SSSR count). The second-order valence-corrected chi connectivity index (χ2v) is 6.27. The van der Waals surface area contributed by atoms with Gasteiger partial charge in [0.05, 0.1) is 21.3 Å². The van der Waals surface area contributed by atoms with Crippen LogP contribution in [0.25, 0.3) is 0 Å². The summed E-state index contributed by atoms with van der Waals surface area (Å²) in [5.41, 5.74) is -0.151. The summed E-state index contributed by atoms with van der Waals surface area (Å²) < 4.78 is 25.8. The van der Waals surface area contributed by atoms with Gasteiger partial charge in [-0.2, -0.15) is 0 Å². The lowest BCUT2D eigenvalue weighted by atomic mass is 10.2. The van der Waals surface area contributed by atoms with Gasteiger partial charge in [-0.05, 0) is 38.0 Å². The number of benzene rings is 1. The van der Waals surface area contributed by atoms with E-state index in [9.17, 15) is 18.2 Å². The maximum absolute atomic E-state index is 13.7. The third-order valence-electron chi connectivity index (χ3n) is 3.33. The first-order valence-corrected chi connectivity index (χ1v) is 7.96. The molecule has 0 aromatic heterocycles. The molecule has 1 saturated carbocycles. The predicted molar refractivity (Wildman–Crippen MR) is 75.0 cm³/mol. The van der Waals surface area contributed by atoms with Crippen LogP contribution in [0.5, 0.6) is 0 Å². The van der Waals surface area contributed by atoms with Crippen molar-refractivity contribution in [2.45, 2.75) is 30.7 Å². The van der Waals surface area contributed by atoms with Crippen molar-refractivity contribution in [2.24, 2.45) is 0 Å². The van der Waals surface area contributed by atoms with Crippen LogP contribution in [0.15, 0.2) is 23.1 Å². The number of carbonyl (C=O) groups is 2. The smallest absolute Gasteiger partial charge is 0.335 e. The Balaban J connectivity index is 2.14. The van der Waals surface area contributed by atoms with Crippen molar-refractivity contribution in [3.8, 4) is 0 Å². The highest BCUT2D eigenvalue weighted by atomic mass is 32.2. The van der Waals surface area contributed by atoms with E-state index in [4.69, 9.17) is 5.11 Å². The summed E-state index contributed by atoms with van der Waals surface area (Å²) in [7, 11) is -1.89. The molecule has 0 radical (unpaired) electrons. The van der Waals surface area contributed by atoms with Crippen molar-refractivity contribution >= 4 is 22.7 Å². The Morgan fingerprint density at radius 3 is 2.62 bits per heavy atom. The fourth-order valence-corrected chi connectivity index (χ4v) is 3.20. The number of halogens is 1. The molecule has 7 heteroatoms. The van der Waals surface area contributed by atoms with Crippen molar-refractivity contribution in [3.63, 3.8) is 0 Å². The molecule has 0 heterocycles. The van der Waals surface area contributed by atoms with Gasteiger partial charge in [0.2, 0.25) is 5.91 Å². The Labute approximate surface area is 124 Å². The van der Waals surface area contributed by atoms with Gasteiger partial charge in [-0.1, -0.05) is 0 Å². The molecule has 1 aromatic rings. The van der Waals surface area contributed by atoms with E-state index in [0.29, 0.717) is 6.54 Å². The Kier molecular flexibility index (Phi) is 4.72. The van der Waals surface area contributed by atoms with E-state index in [1.165, 1.54) is 0 Å². The van der Waals surface area contributed by atoms with Crippen molar-refractivity contribution < 1.29 is 23.3 Å². The van der Waals surface area contributed by atoms with Crippen LogP contribution in [-0.4, -0.2) is 44.4 Å². The van der Waals surface area contributed by atoms with Crippen LogP contribution >= 0.6 is 0 Å². The zero-order chi connectivity index (χ0) is 15.6. The van der Waals surface area contributed by atoms with Crippen LogP contribution in [0.1, 0.15) is 30.1 Å². The predicted octanol–water partition coefficient (Wildman–Crippen LogP) is 1.64. The number of hydrogen-bond donors (Lipinski definition) is 1. The molecule has 1 aliphatic rings. The largest absolute Gasteiger partial charge is 0.478 e. The monoisotopic (exact) mass is 313 g/mol. The number of amides is 1. The molecule has 1 fully saturated rings. The van der Waals surface area contributed by atoms with Crippen molar-refractivity contribution in [1.82, 2.24) is 4.90 Å².